The second-order valence-electron chi connectivity index (χ2n) is 4.52. The highest BCUT2D eigenvalue weighted by Crippen LogP contribution is 2.16. The van der Waals surface area contributed by atoms with Crippen molar-refractivity contribution >= 4 is 5.97 Å². The monoisotopic (exact) mass is 260 g/mol. The first-order valence-corrected chi connectivity index (χ1v) is 5.97. The Labute approximate surface area is 111 Å². The Balaban J connectivity index is 2.01. The lowest BCUT2D eigenvalue weighted by Gasteiger charge is -2.14. The molecule has 0 atom stereocenters. The van der Waals surface area contributed by atoms with Gasteiger partial charge in [-0.25, -0.2) is 4.79 Å². The van der Waals surface area contributed by atoms with E-state index in [1.54, 1.807) is 19.2 Å². The molecule has 2 aromatic rings. The van der Waals surface area contributed by atoms with E-state index in [1.807, 2.05) is 30.1 Å². The third-order valence-corrected chi connectivity index (χ3v) is 2.75. The van der Waals surface area contributed by atoms with Gasteiger partial charge in [0.1, 0.15) is 5.76 Å². The molecule has 1 N–H and O–H groups in total. The van der Waals surface area contributed by atoms with Gasteiger partial charge in [-0.05, 0) is 32.2 Å². The Kier molecular flexibility index (Phi) is 3.97. The third kappa shape index (κ3) is 3.42. The largest absolute Gasteiger partial charge is 0.475 e. The summed E-state index contributed by atoms with van der Waals surface area (Å²) in [7, 11) is 1.94. The molecule has 0 aliphatic rings. The molecule has 0 aliphatic heterocycles. The van der Waals surface area contributed by atoms with Gasteiger partial charge in [0.05, 0.1) is 12.2 Å². The van der Waals surface area contributed by atoms with Gasteiger partial charge in [-0.1, -0.05) is 6.07 Å². The van der Waals surface area contributed by atoms with Crippen LogP contribution in [0.15, 0.2) is 34.9 Å². The van der Waals surface area contributed by atoms with Gasteiger partial charge in [0.2, 0.25) is 5.76 Å². The van der Waals surface area contributed by atoms with Crippen molar-refractivity contribution < 1.29 is 14.3 Å². The zero-order chi connectivity index (χ0) is 13.8. The van der Waals surface area contributed by atoms with E-state index in [9.17, 15) is 4.79 Å². The Morgan fingerprint density at radius 1 is 1.42 bits per heavy atom. The zero-order valence-corrected chi connectivity index (χ0v) is 11.0. The maximum atomic E-state index is 10.9. The molecule has 0 aromatic carbocycles. The van der Waals surface area contributed by atoms with Crippen LogP contribution in [0.4, 0.5) is 0 Å². The lowest BCUT2D eigenvalue weighted by atomic mass is 10.2. The lowest BCUT2D eigenvalue weighted by Crippen LogP contribution is -2.17. The van der Waals surface area contributed by atoms with Crippen LogP contribution in [0.25, 0.3) is 0 Å². The fourth-order valence-corrected chi connectivity index (χ4v) is 1.93. The average Bonchev–Trinajstić information content (AvgIpc) is 2.71. The molecule has 2 aromatic heterocycles. The molecule has 0 spiro atoms. The number of rotatable bonds is 5. The summed E-state index contributed by atoms with van der Waals surface area (Å²) in [6, 6.07) is 7.53. The summed E-state index contributed by atoms with van der Waals surface area (Å²) >= 11 is 0. The van der Waals surface area contributed by atoms with Crippen molar-refractivity contribution in [1.82, 2.24) is 9.88 Å². The molecular formula is C14H16N2O3. The number of carboxylic acid groups (broad SMARTS) is 1. The smallest absolute Gasteiger partial charge is 0.372 e. The summed E-state index contributed by atoms with van der Waals surface area (Å²) in [5, 5.41) is 8.93. The molecule has 0 aliphatic carbocycles. The number of pyridine rings is 1. The molecule has 0 saturated heterocycles. The number of hydrogen-bond donors (Lipinski definition) is 1. The minimum atomic E-state index is -1.03. The van der Waals surface area contributed by atoms with E-state index in [1.165, 1.54) is 0 Å². The van der Waals surface area contributed by atoms with Crippen LogP contribution < -0.4 is 0 Å². The first kappa shape index (κ1) is 13.3. The number of carboxylic acids is 1. The lowest BCUT2D eigenvalue weighted by molar-refractivity contribution is 0.0657. The predicted octanol–water partition coefficient (Wildman–Crippen LogP) is 2.31. The molecule has 5 heteroatoms. The maximum Gasteiger partial charge on any atom is 0.372 e. The van der Waals surface area contributed by atoms with Crippen molar-refractivity contribution in [3.05, 3.63) is 53.2 Å². The van der Waals surface area contributed by atoms with Crippen LogP contribution in [0.5, 0.6) is 0 Å². The van der Waals surface area contributed by atoms with Gasteiger partial charge in [0.15, 0.2) is 0 Å². The highest BCUT2D eigenvalue weighted by Gasteiger charge is 2.15. The van der Waals surface area contributed by atoms with Crippen molar-refractivity contribution in [3.8, 4) is 0 Å². The van der Waals surface area contributed by atoms with Crippen molar-refractivity contribution in [2.45, 2.75) is 20.0 Å². The highest BCUT2D eigenvalue weighted by molar-refractivity contribution is 5.86. The predicted molar refractivity (Wildman–Crippen MR) is 69.8 cm³/mol. The molecule has 100 valence electrons. The molecule has 2 heterocycles. The van der Waals surface area contributed by atoms with E-state index in [2.05, 4.69) is 4.98 Å². The SMILES string of the molecule is Cc1cc(CN(C)Cc2ccccn2)oc1C(=O)O. The van der Waals surface area contributed by atoms with Crippen LogP contribution in [0, 0.1) is 6.92 Å². The molecule has 0 bridgehead atoms. The van der Waals surface area contributed by atoms with Gasteiger partial charge >= 0.3 is 5.97 Å². The summed E-state index contributed by atoms with van der Waals surface area (Å²) < 4.78 is 5.32. The molecule has 0 unspecified atom stereocenters. The van der Waals surface area contributed by atoms with Crippen LogP contribution in [0.2, 0.25) is 0 Å². The summed E-state index contributed by atoms with van der Waals surface area (Å²) in [5.74, 6) is -0.370. The fraction of sp³-hybridized carbons (Fsp3) is 0.286. The summed E-state index contributed by atoms with van der Waals surface area (Å²) in [6.07, 6.45) is 1.75. The summed E-state index contributed by atoms with van der Waals surface area (Å²) in [4.78, 5) is 17.2. The summed E-state index contributed by atoms with van der Waals surface area (Å²) in [6.45, 7) is 2.96. The molecular weight excluding hydrogens is 244 g/mol. The van der Waals surface area contributed by atoms with Gasteiger partial charge in [0, 0.05) is 18.3 Å². The van der Waals surface area contributed by atoms with Crippen molar-refractivity contribution in [1.29, 1.82) is 0 Å². The van der Waals surface area contributed by atoms with E-state index < -0.39 is 5.97 Å². The van der Waals surface area contributed by atoms with Crippen LogP contribution in [-0.2, 0) is 13.1 Å². The first-order chi connectivity index (χ1) is 9.06. The number of aromatic carboxylic acids is 1. The van der Waals surface area contributed by atoms with Gasteiger partial charge in [-0.2, -0.15) is 0 Å². The number of nitrogens with zero attached hydrogens (tertiary/aromatic N) is 2. The second kappa shape index (κ2) is 5.67. The van der Waals surface area contributed by atoms with Crippen LogP contribution >= 0.6 is 0 Å². The second-order valence-corrected chi connectivity index (χ2v) is 4.52. The Morgan fingerprint density at radius 2 is 2.21 bits per heavy atom. The molecule has 0 amide bonds. The third-order valence-electron chi connectivity index (χ3n) is 2.75. The quantitative estimate of drug-likeness (QED) is 0.893. The average molecular weight is 260 g/mol. The number of aromatic nitrogens is 1. The Bertz CT molecular complexity index is 563. The van der Waals surface area contributed by atoms with Crippen LogP contribution in [-0.4, -0.2) is 28.0 Å². The van der Waals surface area contributed by atoms with Gasteiger partial charge in [0.25, 0.3) is 0 Å². The topological polar surface area (TPSA) is 66.6 Å². The van der Waals surface area contributed by atoms with E-state index in [-0.39, 0.29) is 5.76 Å². The van der Waals surface area contributed by atoms with E-state index in [0.29, 0.717) is 24.4 Å². The molecule has 0 saturated carbocycles. The number of hydrogen-bond acceptors (Lipinski definition) is 4. The minimum absolute atomic E-state index is 0.0150. The van der Waals surface area contributed by atoms with E-state index in [0.717, 1.165) is 5.69 Å². The van der Waals surface area contributed by atoms with Crippen LogP contribution in [0.3, 0.4) is 0 Å². The Hall–Kier alpha value is -2.14. The molecule has 0 fully saturated rings. The zero-order valence-electron chi connectivity index (χ0n) is 11.0. The van der Waals surface area contributed by atoms with E-state index >= 15 is 0 Å². The van der Waals surface area contributed by atoms with Crippen molar-refractivity contribution in [2.24, 2.45) is 0 Å². The Morgan fingerprint density at radius 3 is 2.79 bits per heavy atom. The maximum absolute atomic E-state index is 10.9. The standard InChI is InChI=1S/C14H16N2O3/c1-10-7-12(19-13(10)14(17)18)9-16(2)8-11-5-3-4-6-15-11/h3-7H,8-9H2,1-2H3,(H,17,18). The van der Waals surface area contributed by atoms with Crippen molar-refractivity contribution in [3.63, 3.8) is 0 Å². The first-order valence-electron chi connectivity index (χ1n) is 5.97. The van der Waals surface area contributed by atoms with Crippen LogP contribution in [0.1, 0.15) is 27.6 Å². The number of furan rings is 1. The van der Waals surface area contributed by atoms with Crippen molar-refractivity contribution in [2.75, 3.05) is 7.05 Å². The molecule has 19 heavy (non-hydrogen) atoms. The minimum Gasteiger partial charge on any atom is -0.475 e. The van der Waals surface area contributed by atoms with Gasteiger partial charge in [-0.15, -0.1) is 0 Å². The van der Waals surface area contributed by atoms with Gasteiger partial charge < -0.3 is 9.52 Å². The number of carbonyl (C=O) groups is 1. The molecule has 5 nitrogen and oxygen atoms in total. The fourth-order valence-electron chi connectivity index (χ4n) is 1.93. The van der Waals surface area contributed by atoms with E-state index in [4.69, 9.17) is 9.52 Å². The number of aryl methyl sites for hydroxylation is 1. The summed E-state index contributed by atoms with van der Waals surface area (Å²) in [5.41, 5.74) is 1.61. The molecule has 2 rings (SSSR count). The molecule has 0 radical (unpaired) electrons. The highest BCUT2D eigenvalue weighted by atomic mass is 16.4. The normalized spacial score (nSPS) is 10.9. The van der Waals surface area contributed by atoms with Gasteiger partial charge in [-0.3, -0.25) is 9.88 Å².